The number of pyridine rings is 1. The van der Waals surface area contributed by atoms with Crippen LogP contribution in [-0.4, -0.2) is 30.6 Å². The number of carbonyl (C=O) groups is 1. The van der Waals surface area contributed by atoms with Crippen molar-refractivity contribution >= 4 is 27.7 Å². The summed E-state index contributed by atoms with van der Waals surface area (Å²) in [5.41, 5.74) is 6.01. The quantitative estimate of drug-likeness (QED) is 0.782. The fraction of sp³-hybridized carbons (Fsp3) is 0.455. The van der Waals surface area contributed by atoms with Crippen LogP contribution in [0.1, 0.15) is 23.7 Å². The van der Waals surface area contributed by atoms with Crippen LogP contribution in [0.3, 0.4) is 0 Å². The van der Waals surface area contributed by atoms with E-state index < -0.39 is 0 Å². The van der Waals surface area contributed by atoms with Crippen LogP contribution in [0.2, 0.25) is 0 Å². The maximum absolute atomic E-state index is 11.8. The minimum atomic E-state index is -0.215. The summed E-state index contributed by atoms with van der Waals surface area (Å²) in [7, 11) is 0. The van der Waals surface area contributed by atoms with Gasteiger partial charge in [0.2, 0.25) is 0 Å². The number of aromatic nitrogens is 1. The number of hydrogen-bond acceptors (Lipinski definition) is 4. The summed E-state index contributed by atoms with van der Waals surface area (Å²) in [6, 6.07) is 1.65. The molecule has 0 aromatic carbocycles. The Hall–Kier alpha value is -1.14. The van der Waals surface area contributed by atoms with Gasteiger partial charge in [0.25, 0.3) is 5.91 Å². The molecule has 0 spiro atoms. The lowest BCUT2D eigenvalue weighted by molar-refractivity contribution is 0.0945. The predicted octanol–water partition coefficient (Wildman–Crippen LogP) is 1.58. The third kappa shape index (κ3) is 4.70. The molecule has 3 N–H and O–H groups in total. The zero-order valence-electron chi connectivity index (χ0n) is 9.70. The molecule has 0 saturated heterocycles. The highest BCUT2D eigenvalue weighted by Crippen LogP contribution is 2.15. The van der Waals surface area contributed by atoms with Gasteiger partial charge in [-0.1, -0.05) is 0 Å². The first-order valence-corrected chi connectivity index (χ1v) is 6.21. The Morgan fingerprint density at radius 3 is 3.12 bits per heavy atom. The molecule has 1 heterocycles. The lowest BCUT2D eigenvalue weighted by Crippen LogP contribution is -2.26. The normalized spacial score (nSPS) is 10.2. The summed E-state index contributed by atoms with van der Waals surface area (Å²) in [6.45, 7) is 3.83. The first kappa shape index (κ1) is 13.9. The summed E-state index contributed by atoms with van der Waals surface area (Å²) in [4.78, 5) is 15.7. The van der Waals surface area contributed by atoms with E-state index in [1.54, 1.807) is 12.3 Å². The number of ether oxygens (including phenoxy) is 1. The topological polar surface area (TPSA) is 77.2 Å². The highest BCUT2D eigenvalue weighted by molar-refractivity contribution is 9.10. The molecule has 0 aliphatic rings. The highest BCUT2D eigenvalue weighted by Gasteiger charge is 2.10. The van der Waals surface area contributed by atoms with Crippen molar-refractivity contribution in [2.75, 3.05) is 25.5 Å². The molecule has 0 bridgehead atoms. The fourth-order valence-electron chi connectivity index (χ4n) is 1.25. The minimum Gasteiger partial charge on any atom is -0.383 e. The second-order valence-corrected chi connectivity index (χ2v) is 4.31. The van der Waals surface area contributed by atoms with Gasteiger partial charge in [0, 0.05) is 30.4 Å². The molecule has 0 saturated carbocycles. The Bertz CT molecular complexity index is 385. The number of carbonyl (C=O) groups excluding carboxylic acids is 1. The summed E-state index contributed by atoms with van der Waals surface area (Å²) < 4.78 is 5.90. The molecule has 1 rings (SSSR count). The largest absolute Gasteiger partial charge is 0.383 e. The number of nitrogen functional groups attached to an aromatic ring is 1. The molecule has 0 radical (unpaired) electrons. The van der Waals surface area contributed by atoms with E-state index in [2.05, 4.69) is 26.2 Å². The van der Waals surface area contributed by atoms with Crippen molar-refractivity contribution in [1.82, 2.24) is 10.3 Å². The summed E-state index contributed by atoms with van der Waals surface area (Å²) >= 11 is 3.25. The minimum absolute atomic E-state index is 0.215. The van der Waals surface area contributed by atoms with Crippen LogP contribution in [0.25, 0.3) is 0 Å². The van der Waals surface area contributed by atoms with Crippen molar-refractivity contribution in [2.45, 2.75) is 13.3 Å². The van der Waals surface area contributed by atoms with E-state index in [0.717, 1.165) is 10.9 Å². The van der Waals surface area contributed by atoms with E-state index >= 15 is 0 Å². The predicted molar refractivity (Wildman–Crippen MR) is 69.8 cm³/mol. The Labute approximate surface area is 109 Å². The molecule has 17 heavy (non-hydrogen) atoms. The second-order valence-electron chi connectivity index (χ2n) is 3.39. The maximum atomic E-state index is 11.8. The number of nitrogens with zero attached hydrogens (tertiary/aromatic N) is 1. The van der Waals surface area contributed by atoms with Crippen LogP contribution >= 0.6 is 15.9 Å². The van der Waals surface area contributed by atoms with Gasteiger partial charge in [-0.15, -0.1) is 0 Å². The molecule has 0 unspecified atom stereocenters. The van der Waals surface area contributed by atoms with Crippen molar-refractivity contribution in [1.29, 1.82) is 0 Å². The van der Waals surface area contributed by atoms with Gasteiger partial charge in [-0.3, -0.25) is 4.79 Å². The number of hydrogen-bond donors (Lipinski definition) is 2. The zero-order chi connectivity index (χ0) is 12.7. The van der Waals surface area contributed by atoms with Crippen LogP contribution in [0.5, 0.6) is 0 Å². The van der Waals surface area contributed by atoms with E-state index in [-0.39, 0.29) is 11.7 Å². The number of nitrogens with two attached hydrogens (primary N) is 1. The van der Waals surface area contributed by atoms with Crippen molar-refractivity contribution in [3.05, 3.63) is 22.3 Å². The summed E-state index contributed by atoms with van der Waals surface area (Å²) in [6.07, 6.45) is 2.34. The molecule has 1 amide bonds. The van der Waals surface area contributed by atoms with E-state index in [1.165, 1.54) is 0 Å². The second kappa shape index (κ2) is 7.24. The number of anilines is 1. The van der Waals surface area contributed by atoms with Gasteiger partial charge in [0.15, 0.2) is 0 Å². The van der Waals surface area contributed by atoms with Crippen molar-refractivity contribution in [2.24, 2.45) is 0 Å². The van der Waals surface area contributed by atoms with E-state index in [0.29, 0.717) is 25.3 Å². The van der Waals surface area contributed by atoms with Gasteiger partial charge >= 0.3 is 0 Å². The van der Waals surface area contributed by atoms with E-state index in [1.807, 2.05) is 6.92 Å². The lowest BCUT2D eigenvalue weighted by atomic mass is 10.2. The molecular weight excluding hydrogens is 286 g/mol. The number of rotatable bonds is 6. The van der Waals surface area contributed by atoms with Crippen molar-refractivity contribution in [3.8, 4) is 0 Å². The number of amides is 1. The maximum Gasteiger partial charge on any atom is 0.255 e. The van der Waals surface area contributed by atoms with Gasteiger partial charge < -0.3 is 15.8 Å². The molecule has 1 aromatic rings. The molecule has 0 aliphatic carbocycles. The van der Waals surface area contributed by atoms with Crippen molar-refractivity contribution < 1.29 is 9.53 Å². The van der Waals surface area contributed by atoms with Crippen molar-refractivity contribution in [3.63, 3.8) is 0 Å². The van der Waals surface area contributed by atoms with Gasteiger partial charge in [-0.2, -0.15) is 0 Å². The average molecular weight is 302 g/mol. The number of halogens is 1. The third-order valence-electron chi connectivity index (χ3n) is 2.08. The molecule has 6 heteroatoms. The van der Waals surface area contributed by atoms with Gasteiger partial charge in [-0.25, -0.2) is 4.98 Å². The fourth-order valence-corrected chi connectivity index (χ4v) is 1.58. The van der Waals surface area contributed by atoms with Gasteiger partial charge in [-0.05, 0) is 35.3 Å². The molecule has 1 aromatic heterocycles. The molecule has 5 nitrogen and oxygen atoms in total. The highest BCUT2D eigenvalue weighted by atomic mass is 79.9. The zero-order valence-corrected chi connectivity index (χ0v) is 11.3. The molecular formula is C11H16BrN3O2. The molecule has 0 fully saturated rings. The molecule has 0 atom stereocenters. The average Bonchev–Trinajstić information content (AvgIpc) is 2.32. The van der Waals surface area contributed by atoms with Gasteiger partial charge in [0.1, 0.15) is 5.82 Å². The molecule has 94 valence electrons. The van der Waals surface area contributed by atoms with Crippen LogP contribution in [0.4, 0.5) is 5.82 Å². The first-order valence-electron chi connectivity index (χ1n) is 5.42. The monoisotopic (exact) mass is 301 g/mol. The Balaban J connectivity index is 2.44. The van der Waals surface area contributed by atoms with Gasteiger partial charge in [0.05, 0.1) is 5.56 Å². The SMILES string of the molecule is CCOCCCNC(=O)c1cc(Br)cnc1N. The van der Waals surface area contributed by atoms with Crippen LogP contribution in [-0.2, 0) is 4.74 Å². The van der Waals surface area contributed by atoms with E-state index in [9.17, 15) is 4.79 Å². The summed E-state index contributed by atoms with van der Waals surface area (Å²) in [5, 5.41) is 2.77. The lowest BCUT2D eigenvalue weighted by Gasteiger charge is -2.07. The van der Waals surface area contributed by atoms with Crippen LogP contribution in [0, 0.1) is 0 Å². The third-order valence-corrected chi connectivity index (χ3v) is 2.52. The Kier molecular flexibility index (Phi) is 5.93. The summed E-state index contributed by atoms with van der Waals surface area (Å²) in [5.74, 6) is 0.0170. The number of nitrogens with one attached hydrogen (secondary N) is 1. The smallest absolute Gasteiger partial charge is 0.255 e. The first-order chi connectivity index (χ1) is 8.15. The van der Waals surface area contributed by atoms with Crippen LogP contribution in [0.15, 0.2) is 16.7 Å². The van der Waals surface area contributed by atoms with Crippen LogP contribution < -0.4 is 11.1 Å². The van der Waals surface area contributed by atoms with E-state index in [4.69, 9.17) is 10.5 Å². The standard InChI is InChI=1S/C11H16BrN3O2/c1-2-17-5-3-4-14-11(16)9-6-8(12)7-15-10(9)13/h6-7H,2-5H2,1H3,(H2,13,15)(H,14,16). The molecule has 0 aliphatic heterocycles. The Morgan fingerprint density at radius 2 is 2.41 bits per heavy atom. The Morgan fingerprint density at radius 1 is 1.65 bits per heavy atom.